The highest BCUT2D eigenvalue weighted by Crippen LogP contribution is 2.43. The molecule has 0 atom stereocenters. The molecule has 1 aromatic heterocycles. The molecule has 0 radical (unpaired) electrons. The van der Waals surface area contributed by atoms with Gasteiger partial charge in [0.05, 0.1) is 43.0 Å². The molecule has 0 N–H and O–H groups in total. The van der Waals surface area contributed by atoms with Gasteiger partial charge in [-0.05, 0) is 43.0 Å². The Kier molecular flexibility index (Phi) is 4.91. The van der Waals surface area contributed by atoms with Gasteiger partial charge in [0.1, 0.15) is 5.75 Å². The summed E-state index contributed by atoms with van der Waals surface area (Å²) in [5.41, 5.74) is 3.73. The van der Waals surface area contributed by atoms with Crippen molar-refractivity contribution in [3.63, 3.8) is 0 Å². The lowest BCUT2D eigenvalue weighted by Gasteiger charge is -2.27. The van der Waals surface area contributed by atoms with E-state index >= 15 is 0 Å². The Hall–Kier alpha value is -2.34. The molecule has 27 heavy (non-hydrogen) atoms. The monoisotopic (exact) mass is 369 g/mol. The number of rotatable bonds is 5. The Labute approximate surface area is 160 Å². The van der Waals surface area contributed by atoms with Crippen LogP contribution in [0, 0.1) is 0 Å². The maximum atomic E-state index is 13.4. The first-order valence-corrected chi connectivity index (χ1v) is 9.74. The maximum absolute atomic E-state index is 13.4. The summed E-state index contributed by atoms with van der Waals surface area (Å²) >= 11 is 0. The highest BCUT2D eigenvalue weighted by atomic mass is 16.5. The second kappa shape index (κ2) is 7.35. The van der Waals surface area contributed by atoms with Crippen molar-refractivity contribution in [3.05, 3.63) is 41.2 Å². The predicted octanol–water partition coefficient (Wildman–Crippen LogP) is 3.35. The fraction of sp³-hybridized carbons (Fsp3) is 0.524. The van der Waals surface area contributed by atoms with Crippen LogP contribution >= 0.6 is 0 Å². The third-order valence-electron chi connectivity index (χ3n) is 5.29. The van der Waals surface area contributed by atoms with Crippen LogP contribution in [0.25, 0.3) is 5.69 Å². The first-order valence-electron chi connectivity index (χ1n) is 9.74. The molecule has 0 spiro atoms. The summed E-state index contributed by atoms with van der Waals surface area (Å²) in [5.74, 6) is 1.50. The molecule has 6 heteroatoms. The first kappa shape index (κ1) is 18.0. The molecule has 2 aliphatic rings. The Balaban J connectivity index is 1.81. The van der Waals surface area contributed by atoms with E-state index in [1.165, 1.54) is 0 Å². The van der Waals surface area contributed by atoms with Crippen molar-refractivity contribution in [1.29, 1.82) is 0 Å². The molecule has 144 valence electrons. The number of hydrogen-bond acceptors (Lipinski definition) is 4. The van der Waals surface area contributed by atoms with Gasteiger partial charge in [-0.3, -0.25) is 4.79 Å². The molecule has 2 heterocycles. The van der Waals surface area contributed by atoms with Gasteiger partial charge in [-0.25, -0.2) is 4.68 Å². The van der Waals surface area contributed by atoms with Crippen molar-refractivity contribution < 1.29 is 14.3 Å². The van der Waals surface area contributed by atoms with Crippen molar-refractivity contribution >= 4 is 5.91 Å². The van der Waals surface area contributed by atoms with Crippen LogP contribution in [-0.2, 0) is 4.74 Å². The number of nitrogens with zero attached hydrogens (tertiary/aromatic N) is 3. The summed E-state index contributed by atoms with van der Waals surface area (Å²) < 4.78 is 12.7. The van der Waals surface area contributed by atoms with Crippen LogP contribution in [0.2, 0.25) is 0 Å². The minimum Gasteiger partial charge on any atom is -0.497 e. The van der Waals surface area contributed by atoms with E-state index in [4.69, 9.17) is 14.6 Å². The van der Waals surface area contributed by atoms with Gasteiger partial charge in [0.2, 0.25) is 0 Å². The molecule has 1 aromatic carbocycles. The molecule has 6 nitrogen and oxygen atoms in total. The number of carbonyl (C=O) groups is 1. The smallest absolute Gasteiger partial charge is 0.257 e. The second-order valence-corrected chi connectivity index (χ2v) is 7.59. The summed E-state index contributed by atoms with van der Waals surface area (Å²) in [5, 5.41) is 4.93. The third-order valence-corrected chi connectivity index (χ3v) is 5.29. The summed E-state index contributed by atoms with van der Waals surface area (Å²) in [6.45, 7) is 6.76. The topological polar surface area (TPSA) is 56.6 Å². The number of benzene rings is 1. The average Bonchev–Trinajstić information content (AvgIpc) is 3.47. The van der Waals surface area contributed by atoms with Gasteiger partial charge in [0, 0.05) is 19.0 Å². The molecular weight excluding hydrogens is 342 g/mol. The molecule has 2 aromatic rings. The van der Waals surface area contributed by atoms with E-state index in [0.717, 1.165) is 41.2 Å². The van der Waals surface area contributed by atoms with Crippen LogP contribution < -0.4 is 4.74 Å². The minimum absolute atomic E-state index is 0.101. The van der Waals surface area contributed by atoms with Crippen molar-refractivity contribution in [2.24, 2.45) is 0 Å². The lowest BCUT2D eigenvalue weighted by molar-refractivity contribution is 0.0301. The van der Waals surface area contributed by atoms with Gasteiger partial charge in [-0.2, -0.15) is 5.10 Å². The lowest BCUT2D eigenvalue weighted by atomic mass is 10.00. The largest absolute Gasteiger partial charge is 0.497 e. The molecule has 1 aliphatic carbocycles. The van der Waals surface area contributed by atoms with E-state index < -0.39 is 0 Å². The van der Waals surface area contributed by atoms with Gasteiger partial charge >= 0.3 is 0 Å². The number of carbonyl (C=O) groups excluding carboxylic acids is 1. The molecule has 0 unspecified atom stereocenters. The number of ether oxygens (including phenoxy) is 2. The number of hydrogen-bond donors (Lipinski definition) is 0. The zero-order valence-electron chi connectivity index (χ0n) is 16.3. The first-order chi connectivity index (χ1) is 13.1. The van der Waals surface area contributed by atoms with Crippen molar-refractivity contribution in [1.82, 2.24) is 14.7 Å². The van der Waals surface area contributed by atoms with E-state index in [1.54, 1.807) is 7.11 Å². The molecule has 2 fully saturated rings. The Morgan fingerprint density at radius 2 is 1.85 bits per heavy atom. The molecule has 1 amide bonds. The van der Waals surface area contributed by atoms with Crippen molar-refractivity contribution in [3.8, 4) is 11.4 Å². The summed E-state index contributed by atoms with van der Waals surface area (Å²) in [4.78, 5) is 15.3. The summed E-state index contributed by atoms with van der Waals surface area (Å²) in [6.07, 6.45) is 2.22. The van der Waals surface area contributed by atoms with Crippen LogP contribution in [0.15, 0.2) is 24.3 Å². The Morgan fingerprint density at radius 3 is 2.41 bits per heavy atom. The van der Waals surface area contributed by atoms with Crippen molar-refractivity contribution in [2.45, 2.75) is 38.5 Å². The van der Waals surface area contributed by atoms with Gasteiger partial charge in [0.25, 0.3) is 5.91 Å². The highest BCUT2D eigenvalue weighted by Gasteiger charge is 2.37. The van der Waals surface area contributed by atoms with Gasteiger partial charge in [-0.1, -0.05) is 13.8 Å². The minimum atomic E-state index is 0.101. The average molecular weight is 369 g/mol. The van der Waals surface area contributed by atoms with Gasteiger partial charge in [-0.15, -0.1) is 0 Å². The summed E-state index contributed by atoms with van der Waals surface area (Å²) in [6, 6.07) is 7.86. The van der Waals surface area contributed by atoms with E-state index in [9.17, 15) is 4.79 Å². The van der Waals surface area contributed by atoms with Crippen LogP contribution in [-0.4, -0.2) is 54.0 Å². The molecule has 1 saturated heterocycles. The number of amides is 1. The predicted molar refractivity (Wildman–Crippen MR) is 103 cm³/mol. The van der Waals surface area contributed by atoms with Crippen LogP contribution in [0.5, 0.6) is 5.75 Å². The van der Waals surface area contributed by atoms with Crippen LogP contribution in [0.4, 0.5) is 0 Å². The number of aromatic nitrogens is 2. The number of morpholine rings is 1. The van der Waals surface area contributed by atoms with E-state index in [1.807, 2.05) is 33.8 Å². The number of methoxy groups -OCH3 is 1. The lowest BCUT2D eigenvalue weighted by Crippen LogP contribution is -2.41. The van der Waals surface area contributed by atoms with E-state index in [0.29, 0.717) is 32.2 Å². The van der Waals surface area contributed by atoms with Crippen LogP contribution in [0.3, 0.4) is 0 Å². The van der Waals surface area contributed by atoms with E-state index in [-0.39, 0.29) is 11.8 Å². The third kappa shape index (κ3) is 3.46. The highest BCUT2D eigenvalue weighted by molar-refractivity contribution is 5.97. The zero-order valence-corrected chi connectivity index (χ0v) is 16.3. The van der Waals surface area contributed by atoms with Gasteiger partial charge < -0.3 is 14.4 Å². The fourth-order valence-corrected chi connectivity index (χ4v) is 3.69. The van der Waals surface area contributed by atoms with Crippen molar-refractivity contribution in [2.75, 3.05) is 33.4 Å². The molecule has 0 bridgehead atoms. The molecule has 4 rings (SSSR count). The van der Waals surface area contributed by atoms with Crippen LogP contribution in [0.1, 0.15) is 60.3 Å². The Bertz CT molecular complexity index is 816. The van der Waals surface area contributed by atoms with E-state index in [2.05, 4.69) is 13.8 Å². The van der Waals surface area contributed by atoms with Gasteiger partial charge in [0.15, 0.2) is 0 Å². The quantitative estimate of drug-likeness (QED) is 0.811. The molecule has 1 saturated carbocycles. The summed E-state index contributed by atoms with van der Waals surface area (Å²) in [7, 11) is 1.66. The SMILES string of the molecule is COc1ccc(-n2nc(C3CC3)c(C(=O)N3CCOCC3)c2C(C)C)cc1. The Morgan fingerprint density at radius 1 is 1.19 bits per heavy atom. The maximum Gasteiger partial charge on any atom is 0.257 e. The molecule has 1 aliphatic heterocycles. The molecular formula is C21H27N3O3. The zero-order chi connectivity index (χ0) is 19.0. The standard InChI is InChI=1S/C21H27N3O3/c1-14(2)20-18(21(25)23-10-12-27-13-11-23)19(15-4-5-15)22-24(20)16-6-8-17(26-3)9-7-16/h6-9,14-15H,4-5,10-13H2,1-3H3. The fourth-order valence-electron chi connectivity index (χ4n) is 3.69. The normalized spacial score (nSPS) is 17.4. The second-order valence-electron chi connectivity index (χ2n) is 7.59.